The van der Waals surface area contributed by atoms with Crippen LogP contribution in [0.4, 0.5) is 4.39 Å². The van der Waals surface area contributed by atoms with Gasteiger partial charge < -0.3 is 9.47 Å². The Bertz CT molecular complexity index is 1010. The highest BCUT2D eigenvalue weighted by Gasteiger charge is 2.26. The molecule has 3 aromatic rings. The molecule has 0 saturated heterocycles. The molecular weight excluding hydrogens is 379 g/mol. The molecule has 0 atom stereocenters. The van der Waals surface area contributed by atoms with Gasteiger partial charge in [-0.1, -0.05) is 26.7 Å². The number of rotatable bonds is 7. The number of amides is 1. The molecule has 4 rings (SSSR count). The summed E-state index contributed by atoms with van der Waals surface area (Å²) in [5.74, 6) is 0.932. The van der Waals surface area contributed by atoms with Crippen LogP contribution < -0.4 is 0 Å². The predicted octanol–water partition coefficient (Wildman–Crippen LogP) is 5.37. The van der Waals surface area contributed by atoms with Crippen molar-refractivity contribution in [1.82, 2.24) is 19.4 Å². The van der Waals surface area contributed by atoms with Crippen molar-refractivity contribution in [2.45, 2.75) is 58.5 Å². The highest BCUT2D eigenvalue weighted by molar-refractivity contribution is 5.94. The van der Waals surface area contributed by atoms with Gasteiger partial charge in [0, 0.05) is 24.3 Å². The van der Waals surface area contributed by atoms with Gasteiger partial charge in [-0.05, 0) is 61.6 Å². The number of halogens is 1. The molecule has 1 saturated carbocycles. The summed E-state index contributed by atoms with van der Waals surface area (Å²) < 4.78 is 15.6. The number of carbonyl (C=O) groups excluding carboxylic acids is 1. The van der Waals surface area contributed by atoms with Crippen LogP contribution in [-0.4, -0.2) is 31.9 Å². The van der Waals surface area contributed by atoms with E-state index in [-0.39, 0.29) is 11.7 Å². The Morgan fingerprint density at radius 3 is 2.63 bits per heavy atom. The average Bonchev–Trinajstić information content (AvgIpc) is 3.38. The summed E-state index contributed by atoms with van der Waals surface area (Å²) in [6.07, 6.45) is 7.36. The number of carbonyl (C=O) groups is 1. The lowest BCUT2D eigenvalue weighted by atomic mass is 10.1. The molecular formula is C24H29FN4O. The van der Waals surface area contributed by atoms with Gasteiger partial charge in [0.1, 0.15) is 17.2 Å². The van der Waals surface area contributed by atoms with Crippen molar-refractivity contribution >= 4 is 17.1 Å². The van der Waals surface area contributed by atoms with Crippen LogP contribution in [0.5, 0.6) is 0 Å². The topological polar surface area (TPSA) is 51.0 Å². The van der Waals surface area contributed by atoms with Crippen molar-refractivity contribution in [3.63, 3.8) is 0 Å². The molecule has 0 bridgehead atoms. The maximum Gasteiger partial charge on any atom is 0.254 e. The fourth-order valence-electron chi connectivity index (χ4n) is 4.25. The van der Waals surface area contributed by atoms with Crippen molar-refractivity contribution in [2.24, 2.45) is 5.92 Å². The van der Waals surface area contributed by atoms with Crippen LogP contribution in [0.15, 0.2) is 42.6 Å². The average molecular weight is 409 g/mol. The lowest BCUT2D eigenvalue weighted by Gasteiger charge is -2.25. The quantitative estimate of drug-likeness (QED) is 0.528. The first kappa shape index (κ1) is 20.5. The Labute approximate surface area is 176 Å². The molecule has 0 unspecified atom stereocenters. The summed E-state index contributed by atoms with van der Waals surface area (Å²) in [5, 5.41) is 0. The van der Waals surface area contributed by atoms with Gasteiger partial charge in [-0.3, -0.25) is 4.79 Å². The minimum Gasteiger partial charge on any atom is -0.331 e. The van der Waals surface area contributed by atoms with E-state index in [0.717, 1.165) is 36.3 Å². The number of imidazole rings is 1. The summed E-state index contributed by atoms with van der Waals surface area (Å²) in [6.45, 7) is 5.36. The van der Waals surface area contributed by atoms with Crippen molar-refractivity contribution in [2.75, 3.05) is 6.54 Å². The fourth-order valence-corrected chi connectivity index (χ4v) is 4.25. The Kier molecular flexibility index (Phi) is 6.11. The van der Waals surface area contributed by atoms with E-state index >= 15 is 0 Å². The van der Waals surface area contributed by atoms with Gasteiger partial charge in [0.15, 0.2) is 5.65 Å². The van der Waals surface area contributed by atoms with E-state index in [4.69, 9.17) is 4.98 Å². The van der Waals surface area contributed by atoms with Crippen LogP contribution in [0.25, 0.3) is 11.2 Å². The highest BCUT2D eigenvalue weighted by Crippen LogP contribution is 2.33. The number of benzene rings is 1. The van der Waals surface area contributed by atoms with E-state index in [0.29, 0.717) is 30.6 Å². The second-order valence-corrected chi connectivity index (χ2v) is 8.60. The van der Waals surface area contributed by atoms with Gasteiger partial charge in [-0.25, -0.2) is 14.4 Å². The third kappa shape index (κ3) is 4.37. The van der Waals surface area contributed by atoms with Crippen molar-refractivity contribution in [1.29, 1.82) is 0 Å². The zero-order valence-electron chi connectivity index (χ0n) is 17.7. The monoisotopic (exact) mass is 408 g/mol. The minimum atomic E-state index is -0.339. The molecule has 1 aliphatic rings. The second-order valence-electron chi connectivity index (χ2n) is 8.60. The van der Waals surface area contributed by atoms with Crippen LogP contribution in [0.3, 0.4) is 0 Å². The first-order valence-electron chi connectivity index (χ1n) is 10.9. The normalized spacial score (nSPS) is 14.7. The van der Waals surface area contributed by atoms with Crippen molar-refractivity contribution < 1.29 is 9.18 Å². The van der Waals surface area contributed by atoms with Gasteiger partial charge in [0.2, 0.25) is 0 Å². The van der Waals surface area contributed by atoms with Crippen LogP contribution >= 0.6 is 0 Å². The second kappa shape index (κ2) is 8.94. The lowest BCUT2D eigenvalue weighted by Crippen LogP contribution is -2.33. The molecule has 0 radical (unpaired) electrons. The first-order valence-corrected chi connectivity index (χ1v) is 10.9. The standard InChI is InChI=1S/C24H29FN4O/c1-17(2)13-15-28(24(30)18-9-11-19(25)12-10-18)16-22-27-21-8-5-14-26-23(21)29(22)20-6-3-4-7-20/h5,8-12,14,17,20H,3-4,6-7,13,15-16H2,1-2H3. The zero-order chi connectivity index (χ0) is 21.1. The van der Waals surface area contributed by atoms with E-state index < -0.39 is 0 Å². The first-order chi connectivity index (χ1) is 14.5. The molecule has 1 amide bonds. The molecule has 0 aliphatic heterocycles. The van der Waals surface area contributed by atoms with Gasteiger partial charge in [0.25, 0.3) is 5.91 Å². The molecule has 6 heteroatoms. The van der Waals surface area contributed by atoms with E-state index in [2.05, 4.69) is 23.4 Å². The van der Waals surface area contributed by atoms with Crippen molar-refractivity contribution in [3.05, 3.63) is 59.8 Å². The van der Waals surface area contributed by atoms with Gasteiger partial charge in [-0.2, -0.15) is 0 Å². The number of fused-ring (bicyclic) bond motifs is 1. The third-order valence-electron chi connectivity index (χ3n) is 5.90. The number of pyridine rings is 1. The lowest BCUT2D eigenvalue weighted by molar-refractivity contribution is 0.0728. The molecule has 158 valence electrons. The summed E-state index contributed by atoms with van der Waals surface area (Å²) in [5.41, 5.74) is 2.27. The maximum absolute atomic E-state index is 13.4. The minimum absolute atomic E-state index is 0.0892. The van der Waals surface area contributed by atoms with E-state index in [1.54, 1.807) is 18.3 Å². The maximum atomic E-state index is 13.4. The number of hydrogen-bond acceptors (Lipinski definition) is 3. The molecule has 1 fully saturated rings. The largest absolute Gasteiger partial charge is 0.331 e. The summed E-state index contributed by atoms with van der Waals surface area (Å²) in [7, 11) is 0. The molecule has 1 aliphatic carbocycles. The third-order valence-corrected chi connectivity index (χ3v) is 5.90. The molecule has 2 heterocycles. The Hall–Kier alpha value is -2.76. The van der Waals surface area contributed by atoms with Crippen LogP contribution in [0.1, 0.15) is 68.2 Å². The van der Waals surface area contributed by atoms with E-state index in [1.807, 2.05) is 17.0 Å². The number of hydrogen-bond donors (Lipinski definition) is 0. The van der Waals surface area contributed by atoms with Gasteiger partial charge in [-0.15, -0.1) is 0 Å². The molecule has 1 aromatic carbocycles. The Morgan fingerprint density at radius 1 is 1.20 bits per heavy atom. The number of aromatic nitrogens is 3. The van der Waals surface area contributed by atoms with Gasteiger partial charge >= 0.3 is 0 Å². The predicted molar refractivity (Wildman–Crippen MR) is 116 cm³/mol. The summed E-state index contributed by atoms with van der Waals surface area (Å²) in [6, 6.07) is 10.1. The number of nitrogens with zero attached hydrogens (tertiary/aromatic N) is 4. The Morgan fingerprint density at radius 2 is 1.93 bits per heavy atom. The van der Waals surface area contributed by atoms with Crippen LogP contribution in [0, 0.1) is 11.7 Å². The zero-order valence-corrected chi connectivity index (χ0v) is 17.7. The molecule has 0 spiro atoms. The van der Waals surface area contributed by atoms with E-state index in [1.165, 1.54) is 25.0 Å². The van der Waals surface area contributed by atoms with Crippen LogP contribution in [0.2, 0.25) is 0 Å². The highest BCUT2D eigenvalue weighted by atomic mass is 19.1. The van der Waals surface area contributed by atoms with E-state index in [9.17, 15) is 9.18 Å². The van der Waals surface area contributed by atoms with Crippen molar-refractivity contribution in [3.8, 4) is 0 Å². The molecule has 5 nitrogen and oxygen atoms in total. The smallest absolute Gasteiger partial charge is 0.254 e. The Balaban J connectivity index is 1.68. The van der Waals surface area contributed by atoms with Crippen LogP contribution in [-0.2, 0) is 6.54 Å². The summed E-state index contributed by atoms with van der Waals surface area (Å²) in [4.78, 5) is 24.6. The fraction of sp³-hybridized carbons (Fsp3) is 0.458. The SMILES string of the molecule is CC(C)CCN(Cc1nc2cccnc2n1C1CCCC1)C(=O)c1ccc(F)cc1. The molecule has 0 N–H and O–H groups in total. The molecule has 2 aromatic heterocycles. The summed E-state index contributed by atoms with van der Waals surface area (Å²) >= 11 is 0. The van der Waals surface area contributed by atoms with Gasteiger partial charge in [0.05, 0.1) is 6.54 Å². The molecule has 30 heavy (non-hydrogen) atoms.